The Bertz CT molecular complexity index is 1170. The standard InChI is InChI=1S/C26H28ClN5/c1-16-3-2-4-17(6-5-16)13-20-8-7-19(18-9-11-21(28)12-10-18)14-22(20)23(29)25-24(30)26(27)32-15-31-25/h3,7-12,14-15,17,29H,2,4-6,13,28,30H2,1H3. The van der Waals surface area contributed by atoms with Gasteiger partial charge in [0.25, 0.3) is 0 Å². The molecule has 4 rings (SSSR count). The van der Waals surface area contributed by atoms with E-state index in [9.17, 15) is 0 Å². The lowest BCUT2D eigenvalue weighted by molar-refractivity contribution is 0.462. The minimum atomic E-state index is 0.168. The molecule has 1 aromatic heterocycles. The SMILES string of the molecule is CC1=CCCC(Cc2ccc(-c3ccc(N)cc3)cc2C(=N)c2ncnc(Cl)c2N)CC1. The lowest BCUT2D eigenvalue weighted by atomic mass is 9.86. The number of aromatic nitrogens is 2. The number of benzene rings is 2. The first-order valence-corrected chi connectivity index (χ1v) is 11.3. The monoisotopic (exact) mass is 445 g/mol. The molecule has 0 radical (unpaired) electrons. The van der Waals surface area contributed by atoms with E-state index >= 15 is 0 Å². The summed E-state index contributed by atoms with van der Waals surface area (Å²) in [5.74, 6) is 0.573. The van der Waals surface area contributed by atoms with Gasteiger partial charge in [-0.25, -0.2) is 9.97 Å². The number of rotatable bonds is 5. The van der Waals surface area contributed by atoms with E-state index in [1.807, 2.05) is 24.3 Å². The van der Waals surface area contributed by atoms with Gasteiger partial charge in [-0.1, -0.05) is 47.5 Å². The van der Waals surface area contributed by atoms with Crippen LogP contribution in [0.5, 0.6) is 0 Å². The van der Waals surface area contributed by atoms with Gasteiger partial charge in [-0.15, -0.1) is 0 Å². The summed E-state index contributed by atoms with van der Waals surface area (Å²) in [6.07, 6.45) is 9.19. The van der Waals surface area contributed by atoms with Gasteiger partial charge in [-0.3, -0.25) is 5.41 Å². The molecule has 0 fully saturated rings. The fraction of sp³-hybridized carbons (Fsp3) is 0.269. The third-order valence-corrected chi connectivity index (χ3v) is 6.52. The molecule has 1 atom stereocenters. The third-order valence-electron chi connectivity index (χ3n) is 6.22. The fourth-order valence-electron chi connectivity index (χ4n) is 4.30. The number of anilines is 2. The van der Waals surface area contributed by atoms with Gasteiger partial charge in [-0.05, 0) is 79.8 Å². The molecular formula is C26H28ClN5. The summed E-state index contributed by atoms with van der Waals surface area (Å²) >= 11 is 6.12. The van der Waals surface area contributed by atoms with Crippen LogP contribution in [0.1, 0.15) is 49.4 Å². The van der Waals surface area contributed by atoms with Crippen LogP contribution in [0, 0.1) is 11.3 Å². The Morgan fingerprint density at radius 1 is 1.06 bits per heavy atom. The molecule has 1 aliphatic rings. The Hall–Kier alpha value is -3.18. The van der Waals surface area contributed by atoms with Crippen LogP contribution >= 0.6 is 11.6 Å². The fourth-order valence-corrected chi connectivity index (χ4v) is 4.44. The Morgan fingerprint density at radius 3 is 2.59 bits per heavy atom. The van der Waals surface area contributed by atoms with Gasteiger partial charge in [0.2, 0.25) is 0 Å². The van der Waals surface area contributed by atoms with Crippen molar-refractivity contribution in [3.8, 4) is 11.1 Å². The third kappa shape index (κ3) is 4.83. The van der Waals surface area contributed by atoms with Crippen molar-refractivity contribution in [2.45, 2.75) is 39.0 Å². The van der Waals surface area contributed by atoms with Crippen molar-refractivity contribution in [1.29, 1.82) is 5.41 Å². The molecule has 2 aromatic carbocycles. The quantitative estimate of drug-likeness (QED) is 0.192. The smallest absolute Gasteiger partial charge is 0.156 e. The van der Waals surface area contributed by atoms with Crippen molar-refractivity contribution in [1.82, 2.24) is 9.97 Å². The summed E-state index contributed by atoms with van der Waals surface area (Å²) < 4.78 is 0. The highest BCUT2D eigenvalue weighted by Crippen LogP contribution is 2.31. The van der Waals surface area contributed by atoms with E-state index in [0.717, 1.165) is 60.0 Å². The van der Waals surface area contributed by atoms with Crippen molar-refractivity contribution in [3.63, 3.8) is 0 Å². The molecule has 164 valence electrons. The number of halogens is 1. The molecule has 1 aliphatic carbocycles. The van der Waals surface area contributed by atoms with E-state index in [0.29, 0.717) is 11.6 Å². The zero-order chi connectivity index (χ0) is 22.7. The van der Waals surface area contributed by atoms with Crippen molar-refractivity contribution in [2.24, 2.45) is 5.92 Å². The zero-order valence-corrected chi connectivity index (χ0v) is 19.0. The molecule has 1 unspecified atom stereocenters. The highest BCUT2D eigenvalue weighted by Gasteiger charge is 2.20. The molecule has 1 heterocycles. The predicted molar refractivity (Wildman–Crippen MR) is 133 cm³/mol. The van der Waals surface area contributed by atoms with Crippen LogP contribution in [-0.2, 0) is 6.42 Å². The number of hydrogen-bond acceptors (Lipinski definition) is 5. The van der Waals surface area contributed by atoms with Gasteiger partial charge in [0.15, 0.2) is 5.15 Å². The van der Waals surface area contributed by atoms with E-state index in [1.165, 1.54) is 11.9 Å². The first kappa shape index (κ1) is 22.0. The van der Waals surface area contributed by atoms with Crippen LogP contribution in [0.15, 0.2) is 60.4 Å². The van der Waals surface area contributed by atoms with E-state index in [-0.39, 0.29) is 16.6 Å². The van der Waals surface area contributed by atoms with Gasteiger partial charge in [0.05, 0.1) is 11.4 Å². The second-order valence-corrected chi connectivity index (χ2v) is 8.89. The van der Waals surface area contributed by atoms with Gasteiger partial charge >= 0.3 is 0 Å². The molecule has 0 saturated carbocycles. The van der Waals surface area contributed by atoms with Crippen molar-refractivity contribution in [3.05, 3.63) is 82.4 Å². The lowest BCUT2D eigenvalue weighted by Crippen LogP contribution is -2.14. The number of nitrogens with two attached hydrogens (primary N) is 2. The van der Waals surface area contributed by atoms with Crippen LogP contribution in [0.4, 0.5) is 11.4 Å². The molecule has 0 aliphatic heterocycles. The lowest BCUT2D eigenvalue weighted by Gasteiger charge is -2.19. The average molecular weight is 446 g/mol. The summed E-state index contributed by atoms with van der Waals surface area (Å²) in [6.45, 7) is 2.21. The highest BCUT2D eigenvalue weighted by molar-refractivity contribution is 6.33. The Balaban J connectivity index is 1.74. The second-order valence-electron chi connectivity index (χ2n) is 8.53. The van der Waals surface area contributed by atoms with Gasteiger partial charge in [-0.2, -0.15) is 0 Å². The molecule has 3 aromatic rings. The summed E-state index contributed by atoms with van der Waals surface area (Å²) in [4.78, 5) is 8.21. The van der Waals surface area contributed by atoms with Crippen LogP contribution in [0.3, 0.4) is 0 Å². The average Bonchev–Trinajstić information content (AvgIpc) is 3.00. The topological polar surface area (TPSA) is 102 Å². The second kappa shape index (κ2) is 9.53. The Morgan fingerprint density at radius 2 is 1.81 bits per heavy atom. The molecule has 0 saturated heterocycles. The minimum Gasteiger partial charge on any atom is -0.399 e. The maximum Gasteiger partial charge on any atom is 0.156 e. The van der Waals surface area contributed by atoms with E-state index in [1.54, 1.807) is 0 Å². The van der Waals surface area contributed by atoms with E-state index in [4.69, 9.17) is 28.5 Å². The first-order chi connectivity index (χ1) is 15.4. The number of nitrogens with one attached hydrogen (secondary N) is 1. The molecule has 5 N–H and O–H groups in total. The number of nitrogen functional groups attached to an aromatic ring is 2. The van der Waals surface area contributed by atoms with Crippen LogP contribution in [0.25, 0.3) is 11.1 Å². The number of nitrogens with zero attached hydrogens (tertiary/aromatic N) is 2. The van der Waals surface area contributed by atoms with Gasteiger partial charge in [0, 0.05) is 11.3 Å². The molecule has 0 spiro atoms. The molecule has 5 nitrogen and oxygen atoms in total. The van der Waals surface area contributed by atoms with Crippen LogP contribution in [-0.4, -0.2) is 15.7 Å². The Labute approximate surface area is 194 Å². The largest absolute Gasteiger partial charge is 0.399 e. The molecular weight excluding hydrogens is 418 g/mol. The normalized spacial score (nSPS) is 16.3. The van der Waals surface area contributed by atoms with Crippen LogP contribution < -0.4 is 11.5 Å². The van der Waals surface area contributed by atoms with Crippen molar-refractivity contribution >= 4 is 28.7 Å². The number of hydrogen-bond donors (Lipinski definition) is 3. The van der Waals surface area contributed by atoms with E-state index < -0.39 is 0 Å². The van der Waals surface area contributed by atoms with Crippen molar-refractivity contribution < 1.29 is 0 Å². The molecule has 0 bridgehead atoms. The van der Waals surface area contributed by atoms with Gasteiger partial charge < -0.3 is 11.5 Å². The Kier molecular flexibility index (Phi) is 6.56. The summed E-state index contributed by atoms with van der Waals surface area (Å²) in [5, 5.41) is 9.14. The predicted octanol–water partition coefficient (Wildman–Crippen LogP) is 6.06. The molecule has 0 amide bonds. The number of allylic oxidation sites excluding steroid dienone is 2. The maximum atomic E-state index is 8.98. The zero-order valence-electron chi connectivity index (χ0n) is 18.2. The molecule has 6 heteroatoms. The summed E-state index contributed by atoms with van der Waals surface area (Å²) in [5.41, 5.74) is 19.1. The minimum absolute atomic E-state index is 0.168. The molecule has 32 heavy (non-hydrogen) atoms. The van der Waals surface area contributed by atoms with E-state index in [2.05, 4.69) is 41.2 Å². The van der Waals surface area contributed by atoms with Gasteiger partial charge in [0.1, 0.15) is 12.0 Å². The van der Waals surface area contributed by atoms with Crippen LogP contribution in [0.2, 0.25) is 5.15 Å². The first-order valence-electron chi connectivity index (χ1n) is 10.9. The summed E-state index contributed by atoms with van der Waals surface area (Å²) in [7, 11) is 0. The van der Waals surface area contributed by atoms with Crippen molar-refractivity contribution in [2.75, 3.05) is 11.5 Å². The summed E-state index contributed by atoms with van der Waals surface area (Å²) in [6, 6.07) is 14.1. The maximum absolute atomic E-state index is 8.98. The highest BCUT2D eigenvalue weighted by atomic mass is 35.5.